The molecule has 0 aliphatic rings. The van der Waals surface area contributed by atoms with E-state index < -0.39 is 6.04 Å². The van der Waals surface area contributed by atoms with Gasteiger partial charge in [-0.3, -0.25) is 9.59 Å². The molecule has 122 valence electrons. The normalized spacial score (nSPS) is 11.7. The van der Waals surface area contributed by atoms with Crippen LogP contribution in [0.1, 0.15) is 31.4 Å². The van der Waals surface area contributed by atoms with E-state index in [9.17, 15) is 9.59 Å². The molecule has 1 heterocycles. The summed E-state index contributed by atoms with van der Waals surface area (Å²) in [6, 6.07) is 8.61. The van der Waals surface area contributed by atoms with Gasteiger partial charge in [0.1, 0.15) is 6.04 Å². The molecule has 0 aliphatic carbocycles. The van der Waals surface area contributed by atoms with Crippen LogP contribution in [0.15, 0.2) is 49.1 Å². The Labute approximate surface area is 135 Å². The molecule has 2 rings (SSSR count). The first-order valence-corrected chi connectivity index (χ1v) is 7.78. The van der Waals surface area contributed by atoms with Crippen molar-refractivity contribution in [2.45, 2.75) is 32.4 Å². The Morgan fingerprint density at radius 3 is 2.70 bits per heavy atom. The van der Waals surface area contributed by atoms with Crippen LogP contribution in [0.2, 0.25) is 0 Å². The van der Waals surface area contributed by atoms with Crippen molar-refractivity contribution in [1.29, 1.82) is 0 Å². The number of rotatable bonds is 8. The quantitative estimate of drug-likeness (QED) is 0.728. The van der Waals surface area contributed by atoms with Crippen LogP contribution in [0.5, 0.6) is 0 Å². The minimum atomic E-state index is -0.656. The van der Waals surface area contributed by atoms with Crippen LogP contribution in [0, 0.1) is 0 Å². The molecule has 0 aliphatic heterocycles. The molecule has 0 spiro atoms. The van der Waals surface area contributed by atoms with Crippen LogP contribution in [-0.2, 0) is 16.1 Å². The molecule has 23 heavy (non-hydrogen) atoms. The molecular weight excluding hydrogens is 292 g/mol. The molecular formula is C17H22N4O2. The van der Waals surface area contributed by atoms with Gasteiger partial charge in [0, 0.05) is 31.9 Å². The monoisotopic (exact) mass is 314 g/mol. The Balaban J connectivity index is 1.89. The lowest BCUT2D eigenvalue weighted by Crippen LogP contribution is -2.40. The first-order chi connectivity index (χ1) is 11.2. The van der Waals surface area contributed by atoms with Gasteiger partial charge in [-0.1, -0.05) is 37.3 Å². The van der Waals surface area contributed by atoms with E-state index in [0.29, 0.717) is 13.0 Å². The Morgan fingerprint density at radius 2 is 2.04 bits per heavy atom. The zero-order valence-corrected chi connectivity index (χ0v) is 13.2. The van der Waals surface area contributed by atoms with Gasteiger partial charge in [-0.05, 0) is 12.0 Å². The van der Waals surface area contributed by atoms with Gasteiger partial charge in [-0.25, -0.2) is 4.98 Å². The van der Waals surface area contributed by atoms with E-state index in [4.69, 9.17) is 0 Å². The summed E-state index contributed by atoms with van der Waals surface area (Å²) in [5.74, 6) is -0.337. The van der Waals surface area contributed by atoms with Crippen molar-refractivity contribution in [3.8, 4) is 0 Å². The SMILES string of the molecule is CCC(=O)NC(C(=O)NCCCn1ccnc1)c1ccccc1. The van der Waals surface area contributed by atoms with Gasteiger partial charge in [-0.15, -0.1) is 0 Å². The number of amides is 2. The minimum Gasteiger partial charge on any atom is -0.354 e. The fourth-order valence-electron chi connectivity index (χ4n) is 2.20. The molecule has 0 bridgehead atoms. The number of aromatic nitrogens is 2. The Bertz CT molecular complexity index is 611. The van der Waals surface area contributed by atoms with E-state index in [2.05, 4.69) is 15.6 Å². The summed E-state index contributed by atoms with van der Waals surface area (Å²) < 4.78 is 1.96. The lowest BCUT2D eigenvalue weighted by molar-refractivity contribution is -0.129. The first-order valence-electron chi connectivity index (χ1n) is 7.78. The number of carbonyl (C=O) groups excluding carboxylic acids is 2. The van der Waals surface area contributed by atoms with E-state index in [1.165, 1.54) is 0 Å². The molecule has 1 atom stereocenters. The topological polar surface area (TPSA) is 76.0 Å². The van der Waals surface area contributed by atoms with Crippen LogP contribution in [0.3, 0.4) is 0 Å². The van der Waals surface area contributed by atoms with Gasteiger partial charge < -0.3 is 15.2 Å². The Morgan fingerprint density at radius 1 is 1.26 bits per heavy atom. The lowest BCUT2D eigenvalue weighted by Gasteiger charge is -2.18. The molecule has 0 fully saturated rings. The van der Waals surface area contributed by atoms with E-state index in [1.807, 2.05) is 41.1 Å². The maximum Gasteiger partial charge on any atom is 0.247 e. The molecule has 2 aromatic rings. The van der Waals surface area contributed by atoms with Crippen LogP contribution in [0.25, 0.3) is 0 Å². The summed E-state index contributed by atoms with van der Waals surface area (Å²) in [7, 11) is 0. The maximum absolute atomic E-state index is 12.4. The van der Waals surface area contributed by atoms with Crippen LogP contribution >= 0.6 is 0 Å². The molecule has 1 aromatic carbocycles. The zero-order valence-electron chi connectivity index (χ0n) is 13.2. The second-order valence-corrected chi connectivity index (χ2v) is 5.21. The number of carbonyl (C=O) groups is 2. The second-order valence-electron chi connectivity index (χ2n) is 5.21. The molecule has 0 saturated carbocycles. The third-order valence-corrected chi connectivity index (χ3v) is 3.47. The summed E-state index contributed by atoms with van der Waals surface area (Å²) >= 11 is 0. The van der Waals surface area contributed by atoms with Gasteiger partial charge in [-0.2, -0.15) is 0 Å². The largest absolute Gasteiger partial charge is 0.354 e. The highest BCUT2D eigenvalue weighted by Crippen LogP contribution is 2.13. The number of hydrogen-bond donors (Lipinski definition) is 2. The Kier molecular flexibility index (Phi) is 6.35. The summed E-state index contributed by atoms with van der Waals surface area (Å²) in [6.45, 7) is 3.10. The Hall–Kier alpha value is -2.63. The van der Waals surface area contributed by atoms with Crippen molar-refractivity contribution in [2.24, 2.45) is 0 Å². The van der Waals surface area contributed by atoms with E-state index >= 15 is 0 Å². The van der Waals surface area contributed by atoms with E-state index in [1.54, 1.807) is 19.4 Å². The third kappa shape index (κ3) is 5.25. The summed E-state index contributed by atoms with van der Waals surface area (Å²) in [5, 5.41) is 5.66. The predicted octanol–water partition coefficient (Wildman–Crippen LogP) is 1.66. The van der Waals surface area contributed by atoms with Gasteiger partial charge >= 0.3 is 0 Å². The standard InChI is InChI=1S/C17H22N4O2/c1-2-15(22)20-16(14-7-4-3-5-8-14)17(23)19-9-6-11-21-12-10-18-13-21/h3-5,7-8,10,12-13,16H,2,6,9,11H2,1H3,(H,19,23)(H,20,22). The highest BCUT2D eigenvalue weighted by Gasteiger charge is 2.21. The molecule has 0 radical (unpaired) electrons. The lowest BCUT2D eigenvalue weighted by atomic mass is 10.1. The van der Waals surface area contributed by atoms with Crippen molar-refractivity contribution in [2.75, 3.05) is 6.54 Å². The average molecular weight is 314 g/mol. The van der Waals surface area contributed by atoms with Gasteiger partial charge in [0.2, 0.25) is 11.8 Å². The summed E-state index contributed by atoms with van der Waals surface area (Å²) in [6.07, 6.45) is 6.50. The van der Waals surface area contributed by atoms with Crippen LogP contribution in [0.4, 0.5) is 0 Å². The van der Waals surface area contributed by atoms with Crippen molar-refractivity contribution in [3.05, 3.63) is 54.6 Å². The van der Waals surface area contributed by atoms with Gasteiger partial charge in [0.05, 0.1) is 6.33 Å². The highest BCUT2D eigenvalue weighted by atomic mass is 16.2. The molecule has 2 N–H and O–H groups in total. The number of nitrogens with one attached hydrogen (secondary N) is 2. The number of imidazole rings is 1. The fourth-order valence-corrected chi connectivity index (χ4v) is 2.20. The van der Waals surface area contributed by atoms with Crippen molar-refractivity contribution in [3.63, 3.8) is 0 Å². The molecule has 0 saturated heterocycles. The summed E-state index contributed by atoms with van der Waals surface area (Å²) in [4.78, 5) is 28.1. The van der Waals surface area contributed by atoms with Crippen molar-refractivity contribution >= 4 is 11.8 Å². The molecule has 2 amide bonds. The number of hydrogen-bond acceptors (Lipinski definition) is 3. The molecule has 6 heteroatoms. The first kappa shape index (κ1) is 16.7. The second kappa shape index (κ2) is 8.73. The number of benzene rings is 1. The number of aryl methyl sites for hydroxylation is 1. The molecule has 6 nitrogen and oxygen atoms in total. The average Bonchev–Trinajstić information content (AvgIpc) is 3.10. The zero-order chi connectivity index (χ0) is 16.5. The molecule has 1 aromatic heterocycles. The van der Waals surface area contributed by atoms with E-state index in [-0.39, 0.29) is 11.8 Å². The van der Waals surface area contributed by atoms with Gasteiger partial charge in [0.25, 0.3) is 0 Å². The predicted molar refractivity (Wildman–Crippen MR) is 87.5 cm³/mol. The highest BCUT2D eigenvalue weighted by molar-refractivity contribution is 5.88. The van der Waals surface area contributed by atoms with Crippen molar-refractivity contribution < 1.29 is 9.59 Å². The van der Waals surface area contributed by atoms with Crippen LogP contribution in [-0.4, -0.2) is 27.9 Å². The van der Waals surface area contributed by atoms with E-state index in [0.717, 1.165) is 18.5 Å². The van der Waals surface area contributed by atoms with Crippen LogP contribution < -0.4 is 10.6 Å². The van der Waals surface area contributed by atoms with Gasteiger partial charge in [0.15, 0.2) is 0 Å². The number of nitrogens with zero attached hydrogens (tertiary/aromatic N) is 2. The smallest absolute Gasteiger partial charge is 0.247 e. The fraction of sp³-hybridized carbons (Fsp3) is 0.353. The summed E-state index contributed by atoms with van der Waals surface area (Å²) in [5.41, 5.74) is 0.779. The maximum atomic E-state index is 12.4. The minimum absolute atomic E-state index is 0.146. The third-order valence-electron chi connectivity index (χ3n) is 3.47. The van der Waals surface area contributed by atoms with Crippen molar-refractivity contribution in [1.82, 2.24) is 20.2 Å². The molecule has 1 unspecified atom stereocenters.